The number of ether oxygens (including phenoxy) is 1. The predicted octanol–water partition coefficient (Wildman–Crippen LogP) is 4.59. The number of carbonyl (C=O) groups excluding carboxylic acids is 1. The van der Waals surface area contributed by atoms with Crippen molar-refractivity contribution in [3.8, 4) is 28.6 Å². The maximum Gasteiger partial charge on any atom is 0.250 e. The van der Waals surface area contributed by atoms with Crippen molar-refractivity contribution >= 4 is 23.4 Å². The van der Waals surface area contributed by atoms with Crippen LogP contribution in [-0.4, -0.2) is 44.4 Å². The number of hydrazone groups is 1. The van der Waals surface area contributed by atoms with Crippen molar-refractivity contribution in [3.63, 3.8) is 0 Å². The summed E-state index contributed by atoms with van der Waals surface area (Å²) in [5.41, 5.74) is 6.88. The number of rotatable bonds is 8. The van der Waals surface area contributed by atoms with Gasteiger partial charge in [-0.25, -0.2) is 5.43 Å². The van der Waals surface area contributed by atoms with Gasteiger partial charge in [0.2, 0.25) is 0 Å². The van der Waals surface area contributed by atoms with Gasteiger partial charge in [-0.2, -0.15) is 5.10 Å². The van der Waals surface area contributed by atoms with Crippen LogP contribution in [0.15, 0.2) is 83.1 Å². The normalized spacial score (nSPS) is 11.3. The number of amides is 1. The number of aryl methyl sites for hydroxylation is 1. The van der Waals surface area contributed by atoms with E-state index in [0.29, 0.717) is 22.4 Å². The minimum absolute atomic E-state index is 0.0389. The van der Waals surface area contributed by atoms with E-state index in [1.54, 1.807) is 19.1 Å². The van der Waals surface area contributed by atoms with Crippen LogP contribution in [0.3, 0.4) is 0 Å². The van der Waals surface area contributed by atoms with Crippen molar-refractivity contribution in [2.24, 2.45) is 5.10 Å². The molecule has 9 heteroatoms. The van der Waals surface area contributed by atoms with E-state index in [4.69, 9.17) is 4.74 Å². The first-order valence-corrected chi connectivity index (χ1v) is 11.9. The van der Waals surface area contributed by atoms with Gasteiger partial charge in [-0.05, 0) is 44.2 Å². The lowest BCUT2D eigenvalue weighted by molar-refractivity contribution is -0.118. The number of phenols is 1. The third-order valence-electron chi connectivity index (χ3n) is 5.24. The Hall–Kier alpha value is -4.11. The van der Waals surface area contributed by atoms with Gasteiger partial charge < -0.3 is 9.84 Å². The Morgan fingerprint density at radius 2 is 1.83 bits per heavy atom. The molecule has 0 atom stereocenters. The number of aromatic hydroxyl groups is 1. The predicted molar refractivity (Wildman–Crippen MR) is 137 cm³/mol. The Bertz CT molecular complexity index is 1350. The van der Waals surface area contributed by atoms with E-state index in [0.717, 1.165) is 22.4 Å². The highest BCUT2D eigenvalue weighted by Crippen LogP contribution is 2.28. The van der Waals surface area contributed by atoms with Gasteiger partial charge in [0.15, 0.2) is 22.5 Å². The number of aromatic nitrogens is 3. The topological polar surface area (TPSA) is 102 Å². The lowest BCUT2D eigenvalue weighted by Gasteiger charge is -2.10. The highest BCUT2D eigenvalue weighted by atomic mass is 32.2. The first kappa shape index (κ1) is 24.0. The number of hydrogen-bond acceptors (Lipinski definition) is 7. The van der Waals surface area contributed by atoms with Crippen LogP contribution < -0.4 is 10.2 Å². The van der Waals surface area contributed by atoms with Crippen LogP contribution in [0.2, 0.25) is 0 Å². The molecule has 0 saturated carbocycles. The molecule has 0 spiro atoms. The Kier molecular flexibility index (Phi) is 7.47. The maximum atomic E-state index is 12.5. The smallest absolute Gasteiger partial charge is 0.250 e. The van der Waals surface area contributed by atoms with Crippen molar-refractivity contribution in [3.05, 3.63) is 83.9 Å². The third-order valence-corrected chi connectivity index (χ3v) is 6.16. The van der Waals surface area contributed by atoms with Gasteiger partial charge in [-0.3, -0.25) is 9.36 Å². The van der Waals surface area contributed by atoms with Gasteiger partial charge in [0.25, 0.3) is 5.91 Å². The molecular formula is C26H25N5O3S. The molecule has 8 nitrogen and oxygen atoms in total. The molecule has 0 aliphatic heterocycles. The zero-order valence-corrected chi connectivity index (χ0v) is 20.4. The molecule has 0 saturated heterocycles. The van der Waals surface area contributed by atoms with Crippen LogP contribution in [0.1, 0.15) is 18.1 Å². The van der Waals surface area contributed by atoms with Crippen LogP contribution in [0, 0.1) is 6.92 Å². The number of carbonyl (C=O) groups is 1. The third kappa shape index (κ3) is 5.70. The van der Waals surface area contributed by atoms with Crippen LogP contribution in [0.5, 0.6) is 11.5 Å². The summed E-state index contributed by atoms with van der Waals surface area (Å²) in [5.74, 6) is 0.906. The van der Waals surface area contributed by atoms with Crippen LogP contribution in [-0.2, 0) is 4.79 Å². The molecule has 1 amide bonds. The Balaban J connectivity index is 1.50. The number of phenolic OH excluding ortho intramolecular Hbond substituents is 1. The van der Waals surface area contributed by atoms with Gasteiger partial charge in [-0.1, -0.05) is 59.8 Å². The summed E-state index contributed by atoms with van der Waals surface area (Å²) >= 11 is 1.28. The summed E-state index contributed by atoms with van der Waals surface area (Å²) in [4.78, 5) is 12.5. The average Bonchev–Trinajstić information content (AvgIpc) is 3.31. The molecule has 0 fully saturated rings. The molecular weight excluding hydrogens is 462 g/mol. The molecule has 0 aliphatic rings. The second-order valence-electron chi connectivity index (χ2n) is 7.75. The van der Waals surface area contributed by atoms with Crippen LogP contribution >= 0.6 is 11.8 Å². The fraction of sp³-hybridized carbons (Fsp3) is 0.154. The highest BCUT2D eigenvalue weighted by molar-refractivity contribution is 7.99. The number of para-hydroxylation sites is 1. The van der Waals surface area contributed by atoms with Gasteiger partial charge in [-0.15, -0.1) is 10.2 Å². The molecule has 0 unspecified atom stereocenters. The first-order chi connectivity index (χ1) is 17.0. The molecule has 3 aromatic carbocycles. The van der Waals surface area contributed by atoms with E-state index in [-0.39, 0.29) is 17.4 Å². The summed E-state index contributed by atoms with van der Waals surface area (Å²) < 4.78 is 7.07. The number of hydrogen-bond donors (Lipinski definition) is 2. The number of nitrogens with zero attached hydrogens (tertiary/aromatic N) is 4. The van der Waals surface area contributed by atoms with E-state index in [9.17, 15) is 9.90 Å². The first-order valence-electron chi connectivity index (χ1n) is 10.9. The van der Waals surface area contributed by atoms with E-state index >= 15 is 0 Å². The SMILES string of the molecule is COc1cc(/C(C)=N\NC(=O)CSc2nnc(-c3ccc(C)cc3)n2-c2ccccc2)ccc1O. The molecule has 0 bridgehead atoms. The highest BCUT2D eigenvalue weighted by Gasteiger charge is 2.17. The van der Waals surface area contributed by atoms with Gasteiger partial charge in [0.1, 0.15) is 0 Å². The summed E-state index contributed by atoms with van der Waals surface area (Å²) in [6.07, 6.45) is 0. The molecule has 4 aromatic rings. The largest absolute Gasteiger partial charge is 0.504 e. The molecule has 4 rings (SSSR count). The van der Waals surface area contributed by atoms with E-state index in [2.05, 4.69) is 20.7 Å². The molecule has 0 radical (unpaired) electrons. The number of methoxy groups -OCH3 is 1. The number of thioether (sulfide) groups is 1. The van der Waals surface area contributed by atoms with Crippen molar-refractivity contribution < 1.29 is 14.6 Å². The monoisotopic (exact) mass is 487 g/mol. The average molecular weight is 488 g/mol. The Morgan fingerprint density at radius 3 is 2.54 bits per heavy atom. The van der Waals surface area contributed by atoms with Crippen LogP contribution in [0.4, 0.5) is 0 Å². The maximum absolute atomic E-state index is 12.5. The van der Waals surface area contributed by atoms with E-state index in [1.165, 1.54) is 24.9 Å². The lowest BCUT2D eigenvalue weighted by Crippen LogP contribution is -2.21. The summed E-state index contributed by atoms with van der Waals surface area (Å²) in [5, 5.41) is 23.3. The Labute approximate surface area is 207 Å². The van der Waals surface area contributed by atoms with Gasteiger partial charge in [0, 0.05) is 16.8 Å². The number of nitrogens with one attached hydrogen (secondary N) is 1. The Morgan fingerprint density at radius 1 is 1.09 bits per heavy atom. The molecule has 2 N–H and O–H groups in total. The van der Waals surface area contributed by atoms with Crippen molar-refractivity contribution in [1.82, 2.24) is 20.2 Å². The van der Waals surface area contributed by atoms with Gasteiger partial charge >= 0.3 is 0 Å². The van der Waals surface area contributed by atoms with Gasteiger partial charge in [0.05, 0.1) is 18.6 Å². The minimum atomic E-state index is -0.278. The number of benzene rings is 3. The second kappa shape index (κ2) is 10.9. The van der Waals surface area contributed by atoms with Crippen molar-refractivity contribution in [2.75, 3.05) is 12.9 Å². The van der Waals surface area contributed by atoms with Crippen molar-refractivity contribution in [2.45, 2.75) is 19.0 Å². The molecule has 1 heterocycles. The summed E-state index contributed by atoms with van der Waals surface area (Å²) in [6, 6.07) is 22.8. The second-order valence-corrected chi connectivity index (χ2v) is 8.69. The molecule has 0 aliphatic carbocycles. The van der Waals surface area contributed by atoms with Crippen molar-refractivity contribution in [1.29, 1.82) is 0 Å². The molecule has 35 heavy (non-hydrogen) atoms. The lowest BCUT2D eigenvalue weighted by atomic mass is 10.1. The molecule has 178 valence electrons. The standard InChI is InChI=1S/C26H25N5O3S/c1-17-9-11-19(12-10-17)25-29-30-26(31(25)21-7-5-4-6-8-21)35-16-24(33)28-27-18(2)20-13-14-22(32)23(15-20)34-3/h4-15,32H,16H2,1-3H3,(H,28,33)/b27-18-. The van der Waals surface area contributed by atoms with E-state index < -0.39 is 0 Å². The molecule has 1 aromatic heterocycles. The zero-order chi connectivity index (χ0) is 24.8. The fourth-order valence-corrected chi connectivity index (χ4v) is 4.08. The van der Waals surface area contributed by atoms with E-state index in [1.807, 2.05) is 66.1 Å². The quantitative estimate of drug-likeness (QED) is 0.214. The fourth-order valence-electron chi connectivity index (χ4n) is 3.34. The van der Waals surface area contributed by atoms with Crippen LogP contribution in [0.25, 0.3) is 17.1 Å². The summed E-state index contributed by atoms with van der Waals surface area (Å²) in [6.45, 7) is 3.80. The zero-order valence-electron chi connectivity index (χ0n) is 19.6. The summed E-state index contributed by atoms with van der Waals surface area (Å²) in [7, 11) is 1.47. The minimum Gasteiger partial charge on any atom is -0.504 e.